The number of hydrogen-bond donors (Lipinski definition) is 3. The van der Waals surface area contributed by atoms with Gasteiger partial charge in [-0.2, -0.15) is 0 Å². The van der Waals surface area contributed by atoms with Gasteiger partial charge >= 0.3 is 5.97 Å². The zero-order valence-corrected chi connectivity index (χ0v) is 9.68. The summed E-state index contributed by atoms with van der Waals surface area (Å²) in [5.41, 5.74) is 0. The van der Waals surface area contributed by atoms with Gasteiger partial charge in [-0.05, 0) is 25.7 Å². The molecule has 17 heavy (non-hydrogen) atoms. The molecular weight excluding hydrogens is 220 g/mol. The lowest BCUT2D eigenvalue weighted by atomic mass is 10.3. The number of aromatic nitrogens is 2. The molecule has 1 aromatic heterocycles. The predicted octanol–water partition coefficient (Wildman–Crippen LogP) is 1.18. The van der Waals surface area contributed by atoms with Crippen molar-refractivity contribution in [2.24, 2.45) is 5.92 Å². The summed E-state index contributed by atoms with van der Waals surface area (Å²) < 4.78 is 0. The molecule has 1 aromatic rings. The number of carbonyl (C=O) groups is 1. The van der Waals surface area contributed by atoms with Gasteiger partial charge < -0.3 is 15.7 Å². The van der Waals surface area contributed by atoms with Crippen molar-refractivity contribution in [2.75, 3.05) is 17.2 Å². The Balaban J connectivity index is 1.92. The van der Waals surface area contributed by atoms with Gasteiger partial charge in [0.15, 0.2) is 0 Å². The number of anilines is 2. The molecule has 6 nitrogen and oxygen atoms in total. The maximum Gasteiger partial charge on any atom is 0.325 e. The molecule has 1 aliphatic carbocycles. The van der Waals surface area contributed by atoms with Crippen molar-refractivity contribution in [1.82, 2.24) is 9.97 Å². The Morgan fingerprint density at radius 3 is 2.88 bits per heavy atom. The van der Waals surface area contributed by atoms with E-state index in [1.54, 1.807) is 13.0 Å². The molecular formula is C11H16N4O2. The first kappa shape index (κ1) is 11.6. The van der Waals surface area contributed by atoms with E-state index in [9.17, 15) is 4.79 Å². The van der Waals surface area contributed by atoms with Crippen LogP contribution in [0.1, 0.15) is 19.8 Å². The molecule has 0 saturated heterocycles. The van der Waals surface area contributed by atoms with Crippen molar-refractivity contribution in [3.05, 3.63) is 12.4 Å². The van der Waals surface area contributed by atoms with E-state index in [4.69, 9.17) is 5.11 Å². The van der Waals surface area contributed by atoms with E-state index in [0.29, 0.717) is 5.82 Å². The number of carboxylic acid groups (broad SMARTS) is 1. The van der Waals surface area contributed by atoms with Crippen LogP contribution in [0.5, 0.6) is 0 Å². The Bertz CT molecular complexity index is 406. The normalized spacial score (nSPS) is 16.3. The van der Waals surface area contributed by atoms with Gasteiger partial charge in [0.2, 0.25) is 0 Å². The average molecular weight is 236 g/mol. The maximum absolute atomic E-state index is 10.7. The van der Waals surface area contributed by atoms with Crippen LogP contribution in [-0.4, -0.2) is 33.6 Å². The number of hydrogen-bond acceptors (Lipinski definition) is 5. The molecule has 1 fully saturated rings. The molecule has 0 spiro atoms. The number of rotatable bonds is 6. The van der Waals surface area contributed by atoms with E-state index in [1.165, 1.54) is 19.2 Å². The molecule has 1 heterocycles. The van der Waals surface area contributed by atoms with Crippen LogP contribution in [0.15, 0.2) is 12.4 Å². The summed E-state index contributed by atoms with van der Waals surface area (Å²) in [5, 5.41) is 14.8. The zero-order chi connectivity index (χ0) is 12.3. The molecule has 1 aliphatic rings. The van der Waals surface area contributed by atoms with E-state index >= 15 is 0 Å². The lowest BCUT2D eigenvalue weighted by Crippen LogP contribution is -2.26. The molecule has 3 N–H and O–H groups in total. The largest absolute Gasteiger partial charge is 0.480 e. The highest BCUT2D eigenvalue weighted by Gasteiger charge is 2.20. The van der Waals surface area contributed by atoms with E-state index in [2.05, 4.69) is 20.6 Å². The summed E-state index contributed by atoms with van der Waals surface area (Å²) in [5.74, 6) is 1.11. The molecule has 0 aliphatic heterocycles. The summed E-state index contributed by atoms with van der Waals surface area (Å²) >= 11 is 0. The Morgan fingerprint density at radius 2 is 2.24 bits per heavy atom. The van der Waals surface area contributed by atoms with Crippen molar-refractivity contribution in [3.63, 3.8) is 0 Å². The van der Waals surface area contributed by atoms with Gasteiger partial charge in [-0.1, -0.05) is 0 Å². The lowest BCUT2D eigenvalue weighted by Gasteiger charge is -2.11. The SMILES string of the molecule is C[C@H](Nc1cc(NCC2CC2)ncn1)C(=O)O. The number of carboxylic acids is 1. The monoisotopic (exact) mass is 236 g/mol. The smallest absolute Gasteiger partial charge is 0.325 e. The Morgan fingerprint density at radius 1 is 1.53 bits per heavy atom. The van der Waals surface area contributed by atoms with Crippen molar-refractivity contribution in [3.8, 4) is 0 Å². The van der Waals surface area contributed by atoms with Crippen LogP contribution in [0, 0.1) is 5.92 Å². The fourth-order valence-corrected chi connectivity index (χ4v) is 1.39. The Hall–Kier alpha value is -1.85. The predicted molar refractivity (Wildman–Crippen MR) is 64.0 cm³/mol. The second-order valence-electron chi connectivity index (χ2n) is 4.32. The number of nitrogens with one attached hydrogen (secondary N) is 2. The van der Waals surface area contributed by atoms with Gasteiger partial charge in [0.1, 0.15) is 24.0 Å². The molecule has 6 heteroatoms. The van der Waals surface area contributed by atoms with Crippen LogP contribution in [-0.2, 0) is 4.79 Å². The first-order chi connectivity index (χ1) is 8.15. The summed E-state index contributed by atoms with van der Waals surface area (Å²) in [4.78, 5) is 18.8. The first-order valence-corrected chi connectivity index (χ1v) is 5.70. The quantitative estimate of drug-likeness (QED) is 0.687. The van der Waals surface area contributed by atoms with Gasteiger partial charge in [-0.3, -0.25) is 4.79 Å². The summed E-state index contributed by atoms with van der Waals surface area (Å²) in [6.07, 6.45) is 3.98. The molecule has 92 valence electrons. The van der Waals surface area contributed by atoms with Gasteiger partial charge in [-0.15, -0.1) is 0 Å². The lowest BCUT2D eigenvalue weighted by molar-refractivity contribution is -0.137. The Labute approximate surface area is 99.5 Å². The minimum atomic E-state index is -0.906. The van der Waals surface area contributed by atoms with Crippen LogP contribution in [0.25, 0.3) is 0 Å². The van der Waals surface area contributed by atoms with Crippen molar-refractivity contribution in [1.29, 1.82) is 0 Å². The fraction of sp³-hybridized carbons (Fsp3) is 0.545. The second kappa shape index (κ2) is 4.99. The minimum absolute atomic E-state index is 0.521. The highest BCUT2D eigenvalue weighted by Crippen LogP contribution is 2.28. The molecule has 0 radical (unpaired) electrons. The van der Waals surface area contributed by atoms with Gasteiger partial charge in [-0.25, -0.2) is 9.97 Å². The van der Waals surface area contributed by atoms with Crippen LogP contribution >= 0.6 is 0 Å². The van der Waals surface area contributed by atoms with Crippen LogP contribution in [0.2, 0.25) is 0 Å². The van der Waals surface area contributed by atoms with E-state index < -0.39 is 12.0 Å². The van der Waals surface area contributed by atoms with Gasteiger partial charge in [0.05, 0.1) is 0 Å². The fourth-order valence-electron chi connectivity index (χ4n) is 1.39. The van der Waals surface area contributed by atoms with Crippen molar-refractivity contribution in [2.45, 2.75) is 25.8 Å². The van der Waals surface area contributed by atoms with Crippen LogP contribution < -0.4 is 10.6 Å². The molecule has 0 amide bonds. The highest BCUT2D eigenvalue weighted by atomic mass is 16.4. The van der Waals surface area contributed by atoms with Gasteiger partial charge in [0, 0.05) is 12.6 Å². The standard InChI is InChI=1S/C11H16N4O2/c1-7(11(16)17)15-10-4-9(13-6-14-10)12-5-8-2-3-8/h4,6-8H,2-3,5H2,1H3,(H,16,17)(H2,12,13,14,15)/t7-/m0/s1. The van der Waals surface area contributed by atoms with E-state index in [1.807, 2.05) is 0 Å². The molecule has 0 bridgehead atoms. The molecule has 1 saturated carbocycles. The number of aliphatic carboxylic acids is 1. The third-order valence-electron chi connectivity index (χ3n) is 2.67. The molecule has 0 unspecified atom stereocenters. The van der Waals surface area contributed by atoms with Gasteiger partial charge in [0.25, 0.3) is 0 Å². The summed E-state index contributed by atoms with van der Waals surface area (Å²) in [7, 11) is 0. The van der Waals surface area contributed by atoms with E-state index in [-0.39, 0.29) is 0 Å². The highest BCUT2D eigenvalue weighted by molar-refractivity contribution is 5.76. The third-order valence-corrected chi connectivity index (χ3v) is 2.67. The first-order valence-electron chi connectivity index (χ1n) is 5.70. The third kappa shape index (κ3) is 3.58. The van der Waals surface area contributed by atoms with Crippen molar-refractivity contribution >= 4 is 17.6 Å². The van der Waals surface area contributed by atoms with E-state index in [0.717, 1.165) is 18.3 Å². The average Bonchev–Trinajstić information content (AvgIpc) is 3.10. The molecule has 1 atom stereocenters. The van der Waals surface area contributed by atoms with Crippen LogP contribution in [0.3, 0.4) is 0 Å². The second-order valence-corrected chi connectivity index (χ2v) is 4.32. The molecule has 2 rings (SSSR count). The summed E-state index contributed by atoms with van der Waals surface area (Å²) in [6, 6.07) is 1.06. The maximum atomic E-state index is 10.7. The summed E-state index contributed by atoms with van der Waals surface area (Å²) in [6.45, 7) is 2.49. The van der Waals surface area contributed by atoms with Crippen LogP contribution in [0.4, 0.5) is 11.6 Å². The number of nitrogens with zero attached hydrogens (tertiary/aromatic N) is 2. The Kier molecular flexibility index (Phi) is 3.41. The minimum Gasteiger partial charge on any atom is -0.480 e. The molecule has 0 aromatic carbocycles. The van der Waals surface area contributed by atoms with Crippen molar-refractivity contribution < 1.29 is 9.90 Å². The zero-order valence-electron chi connectivity index (χ0n) is 9.68. The topological polar surface area (TPSA) is 87.1 Å².